The van der Waals surface area contributed by atoms with Gasteiger partial charge in [-0.25, -0.2) is 9.67 Å². The molecule has 0 radical (unpaired) electrons. The molecule has 0 unspecified atom stereocenters. The Labute approximate surface area is 198 Å². The molecule has 0 aliphatic carbocycles. The molecule has 3 N–H and O–H groups in total. The maximum Gasteiger partial charge on any atom is 0.284 e. The highest BCUT2D eigenvalue weighted by Gasteiger charge is 2.28. The van der Waals surface area contributed by atoms with E-state index in [-0.39, 0.29) is 23.7 Å². The zero-order valence-electron chi connectivity index (χ0n) is 18.4. The van der Waals surface area contributed by atoms with E-state index in [0.29, 0.717) is 36.0 Å². The number of rotatable bonds is 6. The number of anilines is 1. The van der Waals surface area contributed by atoms with Crippen molar-refractivity contribution in [1.82, 2.24) is 19.3 Å². The molecule has 176 valence electrons. The predicted molar refractivity (Wildman–Crippen MR) is 125 cm³/mol. The van der Waals surface area contributed by atoms with Crippen LogP contribution in [0.3, 0.4) is 0 Å². The molecule has 0 atom stereocenters. The van der Waals surface area contributed by atoms with Crippen molar-refractivity contribution in [2.45, 2.75) is 13.2 Å². The van der Waals surface area contributed by atoms with E-state index in [0.717, 1.165) is 0 Å². The second kappa shape index (κ2) is 9.23. The molecule has 1 aliphatic rings. The number of para-hydroxylation sites is 1. The molecule has 1 aromatic carbocycles. The van der Waals surface area contributed by atoms with Crippen molar-refractivity contribution in [3.8, 4) is 17.2 Å². The summed E-state index contributed by atoms with van der Waals surface area (Å²) in [5.74, 6) is -0.297. The molecule has 3 aromatic heterocycles. The number of nitrogens with two attached hydrogens (primary N) is 1. The highest BCUT2D eigenvalue weighted by Crippen LogP contribution is 2.22. The molecule has 0 saturated heterocycles. The number of hydrogen-bond acceptors (Lipinski definition) is 7. The van der Waals surface area contributed by atoms with Gasteiger partial charge in [-0.3, -0.25) is 24.0 Å². The number of carbonyl (C=O) groups excluding carboxylic acids is 2. The van der Waals surface area contributed by atoms with E-state index in [9.17, 15) is 14.4 Å². The van der Waals surface area contributed by atoms with Crippen LogP contribution in [0.25, 0.3) is 5.69 Å². The molecule has 5 rings (SSSR count). The van der Waals surface area contributed by atoms with Crippen molar-refractivity contribution in [3.63, 3.8) is 0 Å². The van der Waals surface area contributed by atoms with Crippen molar-refractivity contribution in [2.24, 2.45) is 5.73 Å². The Bertz CT molecular complexity index is 1460. The van der Waals surface area contributed by atoms with Gasteiger partial charge in [0.2, 0.25) is 0 Å². The minimum Gasteiger partial charge on any atom is -0.456 e. The zero-order chi connectivity index (χ0) is 24.4. The molecule has 0 bridgehead atoms. The van der Waals surface area contributed by atoms with Gasteiger partial charge in [0.1, 0.15) is 28.6 Å². The van der Waals surface area contributed by atoms with Gasteiger partial charge >= 0.3 is 0 Å². The summed E-state index contributed by atoms with van der Waals surface area (Å²) in [4.78, 5) is 45.7. The van der Waals surface area contributed by atoms with Crippen molar-refractivity contribution in [3.05, 3.63) is 94.3 Å². The summed E-state index contributed by atoms with van der Waals surface area (Å²) in [5.41, 5.74) is 6.04. The number of nitrogens with one attached hydrogen (secondary N) is 1. The van der Waals surface area contributed by atoms with E-state index in [2.05, 4.69) is 15.3 Å². The number of aromatic nitrogens is 4. The summed E-state index contributed by atoms with van der Waals surface area (Å²) in [5, 5.41) is 2.67. The number of nitrogens with zero attached hydrogens (tertiary/aromatic N) is 4. The average molecular weight is 472 g/mol. The van der Waals surface area contributed by atoms with E-state index in [1.54, 1.807) is 28.9 Å². The minimum absolute atomic E-state index is 0.00597. The summed E-state index contributed by atoms with van der Waals surface area (Å²) >= 11 is 0. The Morgan fingerprint density at radius 3 is 2.63 bits per heavy atom. The second-order valence-corrected chi connectivity index (χ2v) is 7.63. The van der Waals surface area contributed by atoms with Crippen LogP contribution in [0.4, 0.5) is 5.82 Å². The van der Waals surface area contributed by atoms with Gasteiger partial charge in [0.05, 0.1) is 37.3 Å². The molecule has 4 heterocycles. The lowest BCUT2D eigenvalue weighted by Crippen LogP contribution is -2.26. The fourth-order valence-electron chi connectivity index (χ4n) is 3.78. The Kier molecular flexibility index (Phi) is 5.81. The van der Waals surface area contributed by atoms with Crippen molar-refractivity contribution in [1.29, 1.82) is 0 Å². The molecular formula is C24H20N6O5. The third-order valence-electron chi connectivity index (χ3n) is 5.36. The van der Waals surface area contributed by atoms with Crippen LogP contribution in [0.1, 0.15) is 26.5 Å². The van der Waals surface area contributed by atoms with Crippen LogP contribution in [0.5, 0.6) is 11.5 Å². The number of pyridine rings is 2. The van der Waals surface area contributed by atoms with Crippen LogP contribution < -0.4 is 21.3 Å². The van der Waals surface area contributed by atoms with Crippen LogP contribution >= 0.6 is 0 Å². The SMILES string of the molecule is NC(=O)c1cc(Oc2ccc(NC(=O)c3c4n(n(-c5ccccc5)c3=O)CCOC4)nc2)ccn1. The molecule has 1 aliphatic heterocycles. The van der Waals surface area contributed by atoms with Crippen LogP contribution in [0.2, 0.25) is 0 Å². The lowest BCUT2D eigenvalue weighted by atomic mass is 10.2. The van der Waals surface area contributed by atoms with Gasteiger partial charge in [-0.05, 0) is 30.3 Å². The summed E-state index contributed by atoms with van der Waals surface area (Å²) in [6.45, 7) is 1.04. The third kappa shape index (κ3) is 4.39. The number of benzene rings is 1. The fourth-order valence-corrected chi connectivity index (χ4v) is 3.78. The number of fused-ring (bicyclic) bond motifs is 1. The number of hydrogen-bond donors (Lipinski definition) is 2. The van der Waals surface area contributed by atoms with E-state index in [4.69, 9.17) is 15.2 Å². The quantitative estimate of drug-likeness (QED) is 0.437. The normalized spacial score (nSPS) is 12.6. The molecule has 2 amide bonds. The molecule has 35 heavy (non-hydrogen) atoms. The van der Waals surface area contributed by atoms with Crippen molar-refractivity contribution in [2.75, 3.05) is 11.9 Å². The maximum atomic E-state index is 13.3. The van der Waals surface area contributed by atoms with Crippen LogP contribution in [-0.4, -0.2) is 37.8 Å². The molecule has 11 nitrogen and oxygen atoms in total. The number of primary amides is 1. The second-order valence-electron chi connectivity index (χ2n) is 7.63. The predicted octanol–water partition coefficient (Wildman–Crippen LogP) is 2.10. The minimum atomic E-state index is -0.670. The zero-order valence-corrected chi connectivity index (χ0v) is 18.4. The van der Waals surface area contributed by atoms with Crippen LogP contribution in [0, 0.1) is 0 Å². The number of carbonyl (C=O) groups is 2. The molecule has 0 fully saturated rings. The Morgan fingerprint density at radius 1 is 1.06 bits per heavy atom. The first-order chi connectivity index (χ1) is 17.0. The summed E-state index contributed by atoms with van der Waals surface area (Å²) in [6, 6.07) is 15.2. The molecule has 4 aromatic rings. The van der Waals surface area contributed by atoms with Gasteiger partial charge in [0.15, 0.2) is 0 Å². The standard InChI is InChI=1S/C24H20N6O5/c25-22(31)18-12-16(8-9-26-18)35-17-6-7-20(27-13-17)28-23(32)21-19-14-34-11-10-29(19)30(24(21)33)15-4-2-1-3-5-15/h1-9,12-13H,10-11,14H2,(H2,25,31)(H,27,28,32). The van der Waals surface area contributed by atoms with E-state index in [1.165, 1.54) is 29.2 Å². The lowest BCUT2D eigenvalue weighted by molar-refractivity contribution is 0.0756. The molecule has 0 spiro atoms. The first-order valence-corrected chi connectivity index (χ1v) is 10.7. The van der Waals surface area contributed by atoms with Gasteiger partial charge in [0, 0.05) is 12.3 Å². The maximum absolute atomic E-state index is 13.3. The monoisotopic (exact) mass is 472 g/mol. The summed E-state index contributed by atoms with van der Waals surface area (Å²) in [7, 11) is 0. The Balaban J connectivity index is 1.38. The van der Waals surface area contributed by atoms with Crippen molar-refractivity contribution < 1.29 is 19.1 Å². The smallest absolute Gasteiger partial charge is 0.284 e. The number of ether oxygens (including phenoxy) is 2. The first kappa shape index (κ1) is 22.0. The fraction of sp³-hybridized carbons (Fsp3) is 0.125. The molecular weight excluding hydrogens is 452 g/mol. The van der Waals surface area contributed by atoms with E-state index >= 15 is 0 Å². The summed E-state index contributed by atoms with van der Waals surface area (Å²) < 4.78 is 14.4. The van der Waals surface area contributed by atoms with Gasteiger partial charge in [-0.15, -0.1) is 0 Å². The van der Waals surface area contributed by atoms with Crippen LogP contribution in [-0.2, 0) is 17.9 Å². The van der Waals surface area contributed by atoms with E-state index in [1.807, 2.05) is 18.2 Å². The third-order valence-corrected chi connectivity index (χ3v) is 5.36. The Hall–Kier alpha value is -4.77. The number of amides is 2. The van der Waals surface area contributed by atoms with Crippen LogP contribution in [0.15, 0.2) is 71.8 Å². The summed E-state index contributed by atoms with van der Waals surface area (Å²) in [6.07, 6.45) is 2.81. The highest BCUT2D eigenvalue weighted by atomic mass is 16.5. The molecule has 11 heteroatoms. The first-order valence-electron chi connectivity index (χ1n) is 10.7. The van der Waals surface area contributed by atoms with Gasteiger partial charge in [-0.2, -0.15) is 0 Å². The van der Waals surface area contributed by atoms with Gasteiger partial charge in [0.25, 0.3) is 17.4 Å². The largest absolute Gasteiger partial charge is 0.456 e. The van der Waals surface area contributed by atoms with Gasteiger partial charge in [-0.1, -0.05) is 18.2 Å². The topological polar surface area (TPSA) is 143 Å². The van der Waals surface area contributed by atoms with Gasteiger partial charge < -0.3 is 20.5 Å². The van der Waals surface area contributed by atoms with E-state index < -0.39 is 17.4 Å². The Morgan fingerprint density at radius 2 is 1.89 bits per heavy atom. The highest BCUT2D eigenvalue weighted by molar-refractivity contribution is 6.04. The average Bonchev–Trinajstić information content (AvgIpc) is 3.17. The van der Waals surface area contributed by atoms with Crippen molar-refractivity contribution >= 4 is 17.6 Å². The lowest BCUT2D eigenvalue weighted by Gasteiger charge is -2.19. The molecule has 0 saturated carbocycles.